The summed E-state index contributed by atoms with van der Waals surface area (Å²) in [5.74, 6) is 1.29. The normalized spacial score (nSPS) is 15.7. The Kier molecular flexibility index (Phi) is 7.53. The molecule has 1 aliphatic rings. The second kappa shape index (κ2) is 10.6. The van der Waals surface area contributed by atoms with Crippen molar-refractivity contribution in [2.75, 3.05) is 27.3 Å². The number of nitro benzene ring substituents is 1. The highest BCUT2D eigenvalue weighted by atomic mass is 32.2. The van der Waals surface area contributed by atoms with Crippen molar-refractivity contribution < 1.29 is 22.8 Å². The van der Waals surface area contributed by atoms with E-state index >= 15 is 0 Å². The molecule has 10 nitrogen and oxygen atoms in total. The number of rotatable bonds is 9. The monoisotopic (exact) mass is 512 g/mol. The van der Waals surface area contributed by atoms with Crippen molar-refractivity contribution in [2.24, 2.45) is 0 Å². The highest BCUT2D eigenvalue weighted by Gasteiger charge is 2.37. The third-order valence-electron chi connectivity index (χ3n) is 6.30. The van der Waals surface area contributed by atoms with E-state index in [0.717, 1.165) is 11.1 Å². The summed E-state index contributed by atoms with van der Waals surface area (Å²) < 4.78 is 39.8. The quantitative estimate of drug-likeness (QED) is 0.341. The van der Waals surface area contributed by atoms with Crippen LogP contribution in [0.5, 0.6) is 11.5 Å². The van der Waals surface area contributed by atoms with Crippen molar-refractivity contribution >= 4 is 15.7 Å². The number of hydrogen-bond donors (Lipinski definition) is 1. The molecule has 1 aliphatic heterocycles. The molecule has 36 heavy (non-hydrogen) atoms. The van der Waals surface area contributed by atoms with Gasteiger partial charge in [0.1, 0.15) is 11.5 Å². The van der Waals surface area contributed by atoms with E-state index in [9.17, 15) is 18.5 Å². The van der Waals surface area contributed by atoms with Gasteiger partial charge in [0.25, 0.3) is 15.7 Å². The van der Waals surface area contributed by atoms with E-state index in [1.807, 2.05) is 25.1 Å². The number of pyridine rings is 1. The number of ether oxygens (including phenoxy) is 2. The minimum atomic E-state index is -4.17. The molecule has 3 aromatic rings. The average Bonchev–Trinajstić information content (AvgIpc) is 3.42. The number of nitrogens with zero attached hydrogens (tertiary/aromatic N) is 3. The lowest BCUT2D eigenvalue weighted by molar-refractivity contribution is -0.387. The Balaban J connectivity index is 1.74. The van der Waals surface area contributed by atoms with Crippen molar-refractivity contribution in [1.82, 2.24) is 14.6 Å². The molecule has 190 valence electrons. The van der Waals surface area contributed by atoms with E-state index < -0.39 is 20.6 Å². The third-order valence-corrected chi connectivity index (χ3v) is 8.25. The number of benzene rings is 2. The van der Waals surface area contributed by atoms with Crippen LogP contribution < -0.4 is 14.8 Å². The van der Waals surface area contributed by atoms with Crippen LogP contribution >= 0.6 is 0 Å². The molecule has 2 aromatic carbocycles. The Labute approximate surface area is 210 Å². The van der Waals surface area contributed by atoms with Gasteiger partial charge in [-0.3, -0.25) is 15.1 Å². The van der Waals surface area contributed by atoms with Crippen LogP contribution in [0.1, 0.15) is 17.5 Å². The molecule has 0 radical (unpaired) electrons. The highest BCUT2D eigenvalue weighted by Crippen LogP contribution is 2.35. The number of methoxy groups -OCH3 is 2. The van der Waals surface area contributed by atoms with E-state index in [1.165, 1.54) is 28.6 Å². The van der Waals surface area contributed by atoms with Crippen LogP contribution in [0.2, 0.25) is 0 Å². The zero-order valence-electron chi connectivity index (χ0n) is 20.3. The molecule has 4 rings (SSSR count). The maximum absolute atomic E-state index is 13.8. The molecule has 0 saturated carbocycles. The number of aromatic nitrogens is 1. The maximum Gasteiger partial charge on any atom is 0.289 e. The minimum Gasteiger partial charge on any atom is -0.496 e. The molecule has 1 saturated heterocycles. The van der Waals surface area contributed by atoms with Crippen LogP contribution in [0.3, 0.4) is 0 Å². The van der Waals surface area contributed by atoms with E-state index in [1.54, 1.807) is 26.5 Å². The fraction of sp³-hybridized carbons (Fsp3) is 0.320. The van der Waals surface area contributed by atoms with Gasteiger partial charge in [-0.25, -0.2) is 8.42 Å². The second-order valence-electron chi connectivity index (χ2n) is 8.48. The van der Waals surface area contributed by atoms with Gasteiger partial charge in [-0.1, -0.05) is 12.1 Å². The summed E-state index contributed by atoms with van der Waals surface area (Å²) in [6, 6.07) is 12.4. The second-order valence-corrected chi connectivity index (χ2v) is 10.3. The van der Waals surface area contributed by atoms with E-state index in [0.29, 0.717) is 42.3 Å². The smallest absolute Gasteiger partial charge is 0.289 e. The average molecular weight is 513 g/mol. The van der Waals surface area contributed by atoms with E-state index in [4.69, 9.17) is 9.47 Å². The van der Waals surface area contributed by atoms with Crippen LogP contribution in [0.4, 0.5) is 5.69 Å². The molecule has 0 unspecified atom stereocenters. The number of hydrogen-bond acceptors (Lipinski definition) is 8. The molecule has 0 bridgehead atoms. The predicted octanol–water partition coefficient (Wildman–Crippen LogP) is 3.54. The first-order valence-electron chi connectivity index (χ1n) is 11.4. The Hall–Kier alpha value is -3.54. The van der Waals surface area contributed by atoms with Gasteiger partial charge in [-0.05, 0) is 55.8 Å². The van der Waals surface area contributed by atoms with Crippen molar-refractivity contribution in [2.45, 2.75) is 30.8 Å². The van der Waals surface area contributed by atoms with Crippen LogP contribution in [0, 0.1) is 17.0 Å². The molecule has 2 heterocycles. The van der Waals surface area contributed by atoms with Crippen LogP contribution in [-0.2, 0) is 16.6 Å². The summed E-state index contributed by atoms with van der Waals surface area (Å²) in [5.41, 5.74) is 2.49. The number of sulfonamides is 1. The zero-order chi connectivity index (χ0) is 25.9. The van der Waals surface area contributed by atoms with Crippen LogP contribution in [0.15, 0.2) is 59.6 Å². The molecule has 0 aliphatic carbocycles. The number of nitro groups is 1. The standard InChI is InChI=1S/C25H28N4O6S/c1-17-23(34-2)13-19(14-24(17)35-3)21-12-18(8-11-27-21)16-28(20-9-10-26-15-20)36(32,33)25-7-5-4-6-22(25)29(30)31/h4-8,11-14,20,26H,9-10,15-16H2,1-3H3/t20-/m0/s1. The van der Waals surface area contributed by atoms with Gasteiger partial charge in [0, 0.05) is 42.5 Å². The van der Waals surface area contributed by atoms with Gasteiger partial charge in [0.2, 0.25) is 0 Å². The first-order chi connectivity index (χ1) is 17.3. The molecule has 1 aromatic heterocycles. The highest BCUT2D eigenvalue weighted by molar-refractivity contribution is 7.89. The van der Waals surface area contributed by atoms with Crippen molar-refractivity contribution in [3.63, 3.8) is 0 Å². The Morgan fingerprint density at radius 1 is 1.14 bits per heavy atom. The Bertz CT molecular complexity index is 1350. The van der Waals surface area contributed by atoms with Crippen molar-refractivity contribution in [3.05, 3.63) is 76.0 Å². The largest absolute Gasteiger partial charge is 0.496 e. The molecular formula is C25H28N4O6S. The molecule has 0 spiro atoms. The zero-order valence-corrected chi connectivity index (χ0v) is 21.1. The predicted molar refractivity (Wildman–Crippen MR) is 135 cm³/mol. The fourth-order valence-corrected chi connectivity index (χ4v) is 6.19. The number of nitrogens with one attached hydrogen (secondary N) is 1. The van der Waals surface area contributed by atoms with Crippen molar-refractivity contribution in [3.8, 4) is 22.8 Å². The van der Waals surface area contributed by atoms with E-state index in [2.05, 4.69) is 10.3 Å². The first kappa shape index (κ1) is 25.5. The molecule has 1 atom stereocenters. The van der Waals surface area contributed by atoms with Gasteiger partial charge in [-0.15, -0.1) is 0 Å². The topological polar surface area (TPSA) is 124 Å². The SMILES string of the molecule is COc1cc(-c2cc(CN([C@H]3CCNC3)S(=O)(=O)c3ccccc3[N+](=O)[O-])ccn2)cc(OC)c1C. The molecular weight excluding hydrogens is 484 g/mol. The van der Waals surface area contributed by atoms with Gasteiger partial charge in [0.05, 0.1) is 24.8 Å². The van der Waals surface area contributed by atoms with Gasteiger partial charge in [-0.2, -0.15) is 4.31 Å². The summed E-state index contributed by atoms with van der Waals surface area (Å²) in [6.07, 6.45) is 2.22. The summed E-state index contributed by atoms with van der Waals surface area (Å²) >= 11 is 0. The fourth-order valence-electron chi connectivity index (χ4n) is 4.39. The summed E-state index contributed by atoms with van der Waals surface area (Å²) in [7, 11) is -1.01. The van der Waals surface area contributed by atoms with Gasteiger partial charge >= 0.3 is 0 Å². The lowest BCUT2D eigenvalue weighted by atomic mass is 10.0. The van der Waals surface area contributed by atoms with Gasteiger partial charge < -0.3 is 14.8 Å². The summed E-state index contributed by atoms with van der Waals surface area (Å²) in [6.45, 7) is 3.06. The molecule has 0 amide bonds. The molecule has 1 fully saturated rings. The maximum atomic E-state index is 13.8. The summed E-state index contributed by atoms with van der Waals surface area (Å²) in [5, 5.41) is 14.8. The number of para-hydroxylation sites is 1. The van der Waals surface area contributed by atoms with E-state index in [-0.39, 0.29) is 17.5 Å². The van der Waals surface area contributed by atoms with Gasteiger partial charge in [0.15, 0.2) is 4.90 Å². The lowest BCUT2D eigenvalue weighted by Crippen LogP contribution is -2.41. The molecule has 1 N–H and O–H groups in total. The molecule has 11 heteroatoms. The Morgan fingerprint density at radius 2 is 1.83 bits per heavy atom. The summed E-state index contributed by atoms with van der Waals surface area (Å²) in [4.78, 5) is 15.1. The third kappa shape index (κ3) is 5.03. The minimum absolute atomic E-state index is 0.0381. The first-order valence-corrected chi connectivity index (χ1v) is 12.8. The van der Waals surface area contributed by atoms with Crippen molar-refractivity contribution in [1.29, 1.82) is 0 Å². The van der Waals surface area contributed by atoms with Crippen LogP contribution in [0.25, 0.3) is 11.3 Å². The van der Waals surface area contributed by atoms with Crippen LogP contribution in [-0.4, -0.2) is 56.0 Å². The Morgan fingerprint density at radius 3 is 2.44 bits per heavy atom. The lowest BCUT2D eigenvalue weighted by Gasteiger charge is -2.27.